The van der Waals surface area contributed by atoms with Gasteiger partial charge in [0.15, 0.2) is 6.61 Å². The number of benzene rings is 1. The number of carbonyl (C=O) groups is 2. The van der Waals surface area contributed by atoms with Crippen molar-refractivity contribution in [3.8, 4) is 5.69 Å². The Morgan fingerprint density at radius 3 is 2.63 bits per heavy atom. The summed E-state index contributed by atoms with van der Waals surface area (Å²) in [6, 6.07) is 9.04. The molecule has 1 aromatic carbocycles. The summed E-state index contributed by atoms with van der Waals surface area (Å²) in [6.07, 6.45) is 1.14. The lowest BCUT2D eigenvalue weighted by atomic mass is 10.3. The molecule has 0 spiro atoms. The number of esters is 1. The van der Waals surface area contributed by atoms with Crippen LogP contribution in [0, 0.1) is 6.92 Å². The van der Waals surface area contributed by atoms with Crippen molar-refractivity contribution in [2.45, 2.75) is 6.92 Å². The van der Waals surface area contributed by atoms with Gasteiger partial charge < -0.3 is 19.5 Å². The minimum atomic E-state index is -0.809. The number of amides is 1. The Morgan fingerprint density at radius 2 is 1.96 bits per heavy atom. The summed E-state index contributed by atoms with van der Waals surface area (Å²) in [5.74, 6) is -1.54. The molecule has 27 heavy (non-hydrogen) atoms. The zero-order valence-electron chi connectivity index (χ0n) is 14.9. The van der Waals surface area contributed by atoms with E-state index in [9.17, 15) is 14.4 Å². The van der Waals surface area contributed by atoms with Crippen molar-refractivity contribution >= 4 is 17.6 Å². The molecule has 142 valence electrons. The maximum absolute atomic E-state index is 12.7. The van der Waals surface area contributed by atoms with E-state index in [1.54, 1.807) is 30.8 Å². The zero-order valence-corrected chi connectivity index (χ0v) is 14.9. The highest BCUT2D eigenvalue weighted by Gasteiger charge is 2.21. The standard InChI is InChI=1S/C18H19N3O6/c1-12-16(17(23)21(20(12)2)13-6-4-3-5-7-13)19-15(22)11-27-18(24)14-10-25-8-9-26-14/h3-7,10H,8-9,11H2,1-2H3,(H,19,22). The minimum Gasteiger partial charge on any atom is -0.493 e. The van der Waals surface area contributed by atoms with Gasteiger partial charge in [0.25, 0.3) is 11.5 Å². The largest absolute Gasteiger partial charge is 0.493 e. The Balaban J connectivity index is 1.70. The Bertz CT molecular complexity index is 942. The highest BCUT2D eigenvalue weighted by molar-refractivity contribution is 5.94. The van der Waals surface area contributed by atoms with Gasteiger partial charge in [-0.25, -0.2) is 9.48 Å². The normalized spacial score (nSPS) is 13.2. The molecule has 1 aromatic heterocycles. The fraction of sp³-hybridized carbons (Fsp3) is 0.278. The number of nitrogens with one attached hydrogen (secondary N) is 1. The lowest BCUT2D eigenvalue weighted by Gasteiger charge is -2.14. The minimum absolute atomic E-state index is 0.101. The van der Waals surface area contributed by atoms with Crippen LogP contribution < -0.4 is 10.9 Å². The van der Waals surface area contributed by atoms with Crippen LogP contribution in [0.4, 0.5) is 5.69 Å². The summed E-state index contributed by atoms with van der Waals surface area (Å²) in [6.45, 7) is 1.73. The highest BCUT2D eigenvalue weighted by Crippen LogP contribution is 2.14. The lowest BCUT2D eigenvalue weighted by Crippen LogP contribution is -2.26. The highest BCUT2D eigenvalue weighted by atomic mass is 16.6. The van der Waals surface area contributed by atoms with Gasteiger partial charge in [0.2, 0.25) is 5.76 Å². The number of rotatable bonds is 5. The molecule has 0 saturated carbocycles. The van der Waals surface area contributed by atoms with Crippen LogP contribution in [-0.4, -0.2) is 41.1 Å². The number of carbonyl (C=O) groups excluding carboxylic acids is 2. The zero-order chi connectivity index (χ0) is 19.4. The first-order valence-electron chi connectivity index (χ1n) is 8.24. The molecule has 2 heterocycles. The Morgan fingerprint density at radius 1 is 1.22 bits per heavy atom. The van der Waals surface area contributed by atoms with Gasteiger partial charge in [-0.05, 0) is 19.1 Å². The molecule has 0 radical (unpaired) electrons. The van der Waals surface area contributed by atoms with Crippen molar-refractivity contribution in [1.29, 1.82) is 0 Å². The van der Waals surface area contributed by atoms with Crippen molar-refractivity contribution in [1.82, 2.24) is 9.36 Å². The van der Waals surface area contributed by atoms with Crippen molar-refractivity contribution in [2.24, 2.45) is 7.05 Å². The number of para-hydroxylation sites is 1. The molecule has 1 N–H and O–H groups in total. The second kappa shape index (κ2) is 7.81. The molecular weight excluding hydrogens is 354 g/mol. The molecule has 3 rings (SSSR count). The molecule has 2 aromatic rings. The summed E-state index contributed by atoms with van der Waals surface area (Å²) in [5, 5.41) is 2.51. The third-order valence-corrected chi connectivity index (χ3v) is 4.00. The topological polar surface area (TPSA) is 101 Å². The third-order valence-electron chi connectivity index (χ3n) is 4.00. The molecule has 1 amide bonds. The molecule has 0 saturated heterocycles. The van der Waals surface area contributed by atoms with E-state index in [1.807, 2.05) is 18.2 Å². The van der Waals surface area contributed by atoms with Crippen LogP contribution in [0.25, 0.3) is 5.69 Å². The van der Waals surface area contributed by atoms with Gasteiger partial charge in [-0.3, -0.25) is 14.3 Å². The van der Waals surface area contributed by atoms with Crippen LogP contribution in [0.1, 0.15) is 5.69 Å². The van der Waals surface area contributed by atoms with E-state index in [-0.39, 0.29) is 23.6 Å². The number of nitrogens with zero attached hydrogens (tertiary/aromatic N) is 2. The summed E-state index contributed by atoms with van der Waals surface area (Å²) in [5.41, 5.74) is 0.975. The average Bonchev–Trinajstić information content (AvgIpc) is 2.90. The van der Waals surface area contributed by atoms with Gasteiger partial charge in [-0.1, -0.05) is 18.2 Å². The van der Waals surface area contributed by atoms with Gasteiger partial charge in [-0.15, -0.1) is 0 Å². The van der Waals surface area contributed by atoms with Gasteiger partial charge >= 0.3 is 5.97 Å². The first-order chi connectivity index (χ1) is 13.0. The second-order valence-corrected chi connectivity index (χ2v) is 5.76. The van der Waals surface area contributed by atoms with Crippen LogP contribution >= 0.6 is 0 Å². The molecule has 0 atom stereocenters. The quantitative estimate of drug-likeness (QED) is 0.780. The maximum atomic E-state index is 12.7. The monoisotopic (exact) mass is 373 g/mol. The van der Waals surface area contributed by atoms with Crippen LogP contribution in [0.3, 0.4) is 0 Å². The number of hydrogen-bond donors (Lipinski definition) is 1. The van der Waals surface area contributed by atoms with E-state index >= 15 is 0 Å². The van der Waals surface area contributed by atoms with Crippen molar-refractivity contribution in [2.75, 3.05) is 25.1 Å². The Labute approximate surface area is 154 Å². The molecule has 0 bridgehead atoms. The smallest absolute Gasteiger partial charge is 0.377 e. The summed E-state index contributed by atoms with van der Waals surface area (Å²) < 4.78 is 18.0. The van der Waals surface area contributed by atoms with Crippen molar-refractivity contribution in [3.63, 3.8) is 0 Å². The SMILES string of the molecule is Cc1c(NC(=O)COC(=O)C2=COCCO2)c(=O)n(-c2ccccc2)n1C. The van der Waals surface area contributed by atoms with E-state index in [1.165, 1.54) is 4.68 Å². The molecule has 0 aliphatic carbocycles. The summed E-state index contributed by atoms with van der Waals surface area (Å²) in [4.78, 5) is 36.6. The fourth-order valence-electron chi connectivity index (χ4n) is 2.57. The first-order valence-corrected chi connectivity index (χ1v) is 8.24. The number of anilines is 1. The van der Waals surface area contributed by atoms with Crippen LogP contribution in [0.2, 0.25) is 0 Å². The predicted molar refractivity (Wildman–Crippen MR) is 95.3 cm³/mol. The number of hydrogen-bond acceptors (Lipinski definition) is 6. The van der Waals surface area contributed by atoms with Crippen molar-refractivity contribution in [3.05, 3.63) is 58.4 Å². The van der Waals surface area contributed by atoms with E-state index in [0.717, 1.165) is 6.26 Å². The van der Waals surface area contributed by atoms with E-state index < -0.39 is 18.5 Å². The Kier molecular flexibility index (Phi) is 5.30. The number of ether oxygens (including phenoxy) is 3. The van der Waals surface area contributed by atoms with Crippen LogP contribution in [0.5, 0.6) is 0 Å². The first kappa shape index (κ1) is 18.3. The summed E-state index contributed by atoms with van der Waals surface area (Å²) in [7, 11) is 1.71. The average molecular weight is 373 g/mol. The number of aromatic nitrogens is 2. The van der Waals surface area contributed by atoms with E-state index in [2.05, 4.69) is 5.32 Å². The van der Waals surface area contributed by atoms with Gasteiger partial charge in [0, 0.05) is 7.05 Å². The van der Waals surface area contributed by atoms with Gasteiger partial charge in [-0.2, -0.15) is 0 Å². The maximum Gasteiger partial charge on any atom is 0.377 e. The molecular formula is C18H19N3O6. The fourth-order valence-corrected chi connectivity index (χ4v) is 2.57. The second-order valence-electron chi connectivity index (χ2n) is 5.76. The summed E-state index contributed by atoms with van der Waals surface area (Å²) >= 11 is 0. The lowest BCUT2D eigenvalue weighted by molar-refractivity contribution is -0.148. The molecule has 1 aliphatic rings. The van der Waals surface area contributed by atoms with Crippen LogP contribution in [-0.2, 0) is 30.8 Å². The molecule has 9 nitrogen and oxygen atoms in total. The predicted octanol–water partition coefficient (Wildman–Crippen LogP) is 0.854. The van der Waals surface area contributed by atoms with E-state index in [4.69, 9.17) is 14.2 Å². The van der Waals surface area contributed by atoms with Crippen LogP contribution in [0.15, 0.2) is 47.1 Å². The molecule has 0 unspecified atom stereocenters. The van der Waals surface area contributed by atoms with Gasteiger partial charge in [0.05, 0.1) is 11.4 Å². The Hall–Kier alpha value is -3.49. The van der Waals surface area contributed by atoms with Crippen molar-refractivity contribution < 1.29 is 23.8 Å². The van der Waals surface area contributed by atoms with E-state index in [0.29, 0.717) is 18.0 Å². The van der Waals surface area contributed by atoms with Gasteiger partial charge in [0.1, 0.15) is 25.2 Å². The molecule has 9 heteroatoms. The molecule has 0 fully saturated rings. The molecule has 1 aliphatic heterocycles. The third kappa shape index (κ3) is 3.86.